The number of rotatable bonds is 4. The Labute approximate surface area is 147 Å². The molecule has 6 heteroatoms. The molecular weight excluding hydrogens is 320 g/mol. The average Bonchev–Trinajstić information content (AvgIpc) is 3.03. The summed E-state index contributed by atoms with van der Waals surface area (Å²) in [5, 5.41) is 6.72. The molecule has 5 nitrogen and oxygen atoms in total. The Kier molecular flexibility index (Phi) is 5.15. The molecule has 0 bridgehead atoms. The van der Waals surface area contributed by atoms with Crippen molar-refractivity contribution in [2.75, 3.05) is 13.1 Å². The summed E-state index contributed by atoms with van der Waals surface area (Å²) in [6, 6.07) is 3.52. The van der Waals surface area contributed by atoms with Crippen molar-refractivity contribution in [2.24, 2.45) is 5.92 Å². The smallest absolute Gasteiger partial charge is 0.266 e. The SMILES string of the molecule is CC(C)(C)c1ccc(=O)n(CC2CCN(Cc3cnsc3)CC2)n1. The minimum atomic E-state index is -0.0343. The minimum Gasteiger partial charge on any atom is -0.299 e. The fourth-order valence-electron chi connectivity index (χ4n) is 3.11. The van der Waals surface area contributed by atoms with Crippen molar-refractivity contribution in [1.29, 1.82) is 0 Å². The molecule has 0 spiro atoms. The van der Waals surface area contributed by atoms with Crippen molar-refractivity contribution in [3.63, 3.8) is 0 Å². The fraction of sp³-hybridized carbons (Fsp3) is 0.611. The molecule has 0 unspecified atom stereocenters. The van der Waals surface area contributed by atoms with Gasteiger partial charge in [-0.05, 0) is 55.0 Å². The van der Waals surface area contributed by atoms with E-state index in [9.17, 15) is 4.79 Å². The Morgan fingerprint density at radius 2 is 2.00 bits per heavy atom. The molecule has 0 radical (unpaired) electrons. The van der Waals surface area contributed by atoms with Crippen LogP contribution in [0.25, 0.3) is 0 Å². The van der Waals surface area contributed by atoms with E-state index in [2.05, 4.69) is 40.5 Å². The lowest BCUT2D eigenvalue weighted by molar-refractivity contribution is 0.163. The molecule has 1 aliphatic rings. The topological polar surface area (TPSA) is 51.0 Å². The van der Waals surface area contributed by atoms with Crippen LogP contribution in [0.4, 0.5) is 0 Å². The molecule has 1 fully saturated rings. The van der Waals surface area contributed by atoms with Crippen LogP contribution in [0.5, 0.6) is 0 Å². The van der Waals surface area contributed by atoms with Gasteiger partial charge >= 0.3 is 0 Å². The van der Waals surface area contributed by atoms with Gasteiger partial charge in [-0.3, -0.25) is 9.69 Å². The highest BCUT2D eigenvalue weighted by atomic mass is 32.1. The van der Waals surface area contributed by atoms with E-state index in [1.165, 1.54) is 17.1 Å². The average molecular weight is 346 g/mol. The molecule has 0 amide bonds. The molecule has 0 atom stereocenters. The zero-order valence-corrected chi connectivity index (χ0v) is 15.6. The van der Waals surface area contributed by atoms with Gasteiger partial charge in [-0.1, -0.05) is 20.8 Å². The van der Waals surface area contributed by atoms with Gasteiger partial charge in [0.15, 0.2) is 0 Å². The maximum Gasteiger partial charge on any atom is 0.266 e. The molecule has 3 rings (SSSR count). The molecule has 130 valence electrons. The standard InChI is InChI=1S/C18H26N4OS/c1-18(2,3)16-4-5-17(23)22(20-16)12-14-6-8-21(9-7-14)11-15-10-19-24-13-15/h4-5,10,13-14H,6-9,11-12H2,1-3H3. The summed E-state index contributed by atoms with van der Waals surface area (Å²) in [6.45, 7) is 10.3. The van der Waals surface area contributed by atoms with E-state index in [4.69, 9.17) is 0 Å². The maximum absolute atomic E-state index is 12.1. The van der Waals surface area contributed by atoms with Gasteiger partial charge in [0.25, 0.3) is 5.56 Å². The number of likely N-dealkylation sites (tertiary alicyclic amines) is 1. The quantitative estimate of drug-likeness (QED) is 0.854. The summed E-state index contributed by atoms with van der Waals surface area (Å²) in [5.74, 6) is 0.530. The zero-order valence-electron chi connectivity index (χ0n) is 14.7. The predicted molar refractivity (Wildman–Crippen MR) is 97.3 cm³/mol. The van der Waals surface area contributed by atoms with Crippen molar-refractivity contribution < 1.29 is 0 Å². The third-order valence-electron chi connectivity index (χ3n) is 4.66. The molecule has 1 saturated heterocycles. The first kappa shape index (κ1) is 17.3. The molecule has 3 heterocycles. The number of piperidine rings is 1. The first-order valence-corrected chi connectivity index (χ1v) is 9.45. The van der Waals surface area contributed by atoms with E-state index in [1.54, 1.807) is 10.7 Å². The van der Waals surface area contributed by atoms with Gasteiger partial charge in [-0.25, -0.2) is 9.06 Å². The number of hydrogen-bond acceptors (Lipinski definition) is 5. The number of nitrogens with zero attached hydrogens (tertiary/aromatic N) is 4. The molecule has 0 N–H and O–H groups in total. The molecule has 0 aromatic carbocycles. The van der Waals surface area contributed by atoms with Crippen LogP contribution >= 0.6 is 11.5 Å². The van der Waals surface area contributed by atoms with Crippen LogP contribution in [0.1, 0.15) is 44.9 Å². The lowest BCUT2D eigenvalue weighted by Crippen LogP contribution is -2.36. The molecule has 1 aliphatic heterocycles. The van der Waals surface area contributed by atoms with Gasteiger partial charge in [0, 0.05) is 36.1 Å². The highest BCUT2D eigenvalue weighted by Gasteiger charge is 2.22. The summed E-state index contributed by atoms with van der Waals surface area (Å²) in [6.07, 6.45) is 4.19. The van der Waals surface area contributed by atoms with Gasteiger partial charge in [0.05, 0.1) is 5.69 Å². The van der Waals surface area contributed by atoms with E-state index < -0.39 is 0 Å². The Hall–Kier alpha value is -1.53. The van der Waals surface area contributed by atoms with Crippen LogP contribution < -0.4 is 5.56 Å². The molecule has 0 saturated carbocycles. The molecule has 2 aromatic heterocycles. The van der Waals surface area contributed by atoms with Gasteiger partial charge in [0.1, 0.15) is 0 Å². The summed E-state index contributed by atoms with van der Waals surface area (Å²) in [7, 11) is 0. The second-order valence-corrected chi connectivity index (χ2v) is 8.40. The van der Waals surface area contributed by atoms with Crippen molar-refractivity contribution in [2.45, 2.75) is 52.1 Å². The van der Waals surface area contributed by atoms with E-state index >= 15 is 0 Å². The second-order valence-electron chi connectivity index (χ2n) is 7.74. The Morgan fingerprint density at radius 1 is 1.25 bits per heavy atom. The molecule has 2 aromatic rings. The van der Waals surface area contributed by atoms with Crippen LogP contribution in [0, 0.1) is 5.92 Å². The van der Waals surface area contributed by atoms with Crippen molar-refractivity contribution in [3.05, 3.63) is 45.3 Å². The van der Waals surface area contributed by atoms with Crippen molar-refractivity contribution in [1.82, 2.24) is 19.1 Å². The molecule has 0 aliphatic carbocycles. The highest BCUT2D eigenvalue weighted by Crippen LogP contribution is 2.21. The Morgan fingerprint density at radius 3 is 2.62 bits per heavy atom. The van der Waals surface area contributed by atoms with Gasteiger partial charge in [-0.2, -0.15) is 5.10 Å². The monoisotopic (exact) mass is 346 g/mol. The fourth-order valence-corrected chi connectivity index (χ4v) is 3.64. The Bertz CT molecular complexity index is 709. The Balaban J connectivity index is 1.59. The molecular formula is C18H26N4OS. The summed E-state index contributed by atoms with van der Waals surface area (Å²) in [4.78, 5) is 14.6. The summed E-state index contributed by atoms with van der Waals surface area (Å²) >= 11 is 1.51. The summed E-state index contributed by atoms with van der Waals surface area (Å²) < 4.78 is 5.84. The number of hydrogen-bond donors (Lipinski definition) is 0. The maximum atomic E-state index is 12.1. The van der Waals surface area contributed by atoms with E-state index in [1.807, 2.05) is 12.3 Å². The zero-order chi connectivity index (χ0) is 17.2. The normalized spacial score (nSPS) is 17.3. The van der Waals surface area contributed by atoms with Gasteiger partial charge < -0.3 is 0 Å². The van der Waals surface area contributed by atoms with Crippen LogP contribution in [0.15, 0.2) is 28.5 Å². The number of aromatic nitrogens is 3. The van der Waals surface area contributed by atoms with Crippen molar-refractivity contribution in [3.8, 4) is 0 Å². The third-order valence-corrected chi connectivity index (χ3v) is 5.30. The lowest BCUT2D eigenvalue weighted by Gasteiger charge is -2.31. The second kappa shape index (κ2) is 7.15. The lowest BCUT2D eigenvalue weighted by atomic mass is 9.92. The third kappa shape index (κ3) is 4.30. The van der Waals surface area contributed by atoms with Crippen molar-refractivity contribution >= 4 is 11.5 Å². The van der Waals surface area contributed by atoms with Crippen LogP contribution in [0.3, 0.4) is 0 Å². The predicted octanol–water partition coefficient (Wildman–Crippen LogP) is 2.91. The van der Waals surface area contributed by atoms with E-state index in [0.717, 1.165) is 44.7 Å². The van der Waals surface area contributed by atoms with Crippen LogP contribution in [-0.2, 0) is 18.5 Å². The minimum absolute atomic E-state index is 0.00905. The van der Waals surface area contributed by atoms with E-state index in [-0.39, 0.29) is 11.0 Å². The first-order valence-electron chi connectivity index (χ1n) is 8.61. The van der Waals surface area contributed by atoms with E-state index in [0.29, 0.717) is 5.92 Å². The summed E-state index contributed by atoms with van der Waals surface area (Å²) in [5.41, 5.74) is 2.25. The van der Waals surface area contributed by atoms with Crippen LogP contribution in [-0.4, -0.2) is 32.1 Å². The van der Waals surface area contributed by atoms with Crippen LogP contribution in [0.2, 0.25) is 0 Å². The van der Waals surface area contributed by atoms with Gasteiger partial charge in [0.2, 0.25) is 0 Å². The first-order chi connectivity index (χ1) is 11.4. The largest absolute Gasteiger partial charge is 0.299 e. The molecule has 24 heavy (non-hydrogen) atoms. The highest BCUT2D eigenvalue weighted by molar-refractivity contribution is 7.03. The van der Waals surface area contributed by atoms with Gasteiger partial charge in [-0.15, -0.1) is 0 Å².